The standard InChI is InChI=1S/C14H18N4O/c1-14(2,3)18-13(19)9-6-15-12-11(9)17-10(7-16-12)8-4-5-8/h6-8H,4-5H2,1-3H3,(H,15,16)(H,18,19). The molecule has 1 aliphatic rings. The van der Waals surface area contributed by atoms with Gasteiger partial charge in [0.1, 0.15) is 5.52 Å². The zero-order valence-electron chi connectivity index (χ0n) is 11.4. The van der Waals surface area contributed by atoms with Crippen molar-refractivity contribution in [3.63, 3.8) is 0 Å². The number of nitrogens with zero attached hydrogens (tertiary/aromatic N) is 2. The van der Waals surface area contributed by atoms with Crippen LogP contribution in [0, 0.1) is 0 Å². The molecule has 0 unspecified atom stereocenters. The smallest absolute Gasteiger partial charge is 0.255 e. The summed E-state index contributed by atoms with van der Waals surface area (Å²) in [5.74, 6) is 0.423. The Morgan fingerprint density at radius 3 is 2.79 bits per heavy atom. The number of fused-ring (bicyclic) bond motifs is 1. The first kappa shape index (κ1) is 12.1. The summed E-state index contributed by atoms with van der Waals surface area (Å²) in [7, 11) is 0. The molecule has 5 nitrogen and oxygen atoms in total. The molecule has 5 heteroatoms. The maximum Gasteiger partial charge on any atom is 0.255 e. The molecule has 2 heterocycles. The van der Waals surface area contributed by atoms with Gasteiger partial charge in [-0.2, -0.15) is 0 Å². The highest BCUT2D eigenvalue weighted by molar-refractivity contribution is 6.04. The summed E-state index contributed by atoms with van der Waals surface area (Å²) < 4.78 is 0. The Hall–Kier alpha value is -1.91. The van der Waals surface area contributed by atoms with Crippen LogP contribution < -0.4 is 5.32 Å². The lowest BCUT2D eigenvalue weighted by molar-refractivity contribution is 0.0921. The molecule has 3 rings (SSSR count). The molecular weight excluding hydrogens is 240 g/mol. The maximum absolute atomic E-state index is 12.2. The lowest BCUT2D eigenvalue weighted by Crippen LogP contribution is -2.40. The zero-order valence-corrected chi connectivity index (χ0v) is 11.4. The third kappa shape index (κ3) is 2.45. The third-order valence-corrected chi connectivity index (χ3v) is 3.13. The highest BCUT2D eigenvalue weighted by Crippen LogP contribution is 2.39. The lowest BCUT2D eigenvalue weighted by atomic mass is 10.1. The van der Waals surface area contributed by atoms with Gasteiger partial charge in [-0.25, -0.2) is 9.97 Å². The molecule has 0 spiro atoms. The second-order valence-corrected chi connectivity index (χ2v) is 6.17. The molecule has 1 fully saturated rings. The number of carbonyl (C=O) groups is 1. The van der Waals surface area contributed by atoms with Gasteiger partial charge in [-0.15, -0.1) is 0 Å². The molecule has 100 valence electrons. The van der Waals surface area contributed by atoms with Crippen LogP contribution in [0.2, 0.25) is 0 Å². The van der Waals surface area contributed by atoms with Gasteiger partial charge in [-0.05, 0) is 33.6 Å². The predicted octanol–water partition coefficient (Wildman–Crippen LogP) is 2.36. The predicted molar refractivity (Wildman–Crippen MR) is 73.1 cm³/mol. The summed E-state index contributed by atoms with van der Waals surface area (Å²) >= 11 is 0. The zero-order chi connectivity index (χ0) is 13.6. The van der Waals surface area contributed by atoms with E-state index in [0.29, 0.717) is 22.6 Å². The van der Waals surface area contributed by atoms with Crippen molar-refractivity contribution >= 4 is 17.1 Å². The molecule has 0 saturated heterocycles. The average Bonchev–Trinajstić information content (AvgIpc) is 3.06. The van der Waals surface area contributed by atoms with E-state index in [1.807, 2.05) is 27.0 Å². The first-order chi connectivity index (χ1) is 8.94. The summed E-state index contributed by atoms with van der Waals surface area (Å²) in [5, 5.41) is 2.95. The quantitative estimate of drug-likeness (QED) is 0.868. The molecular formula is C14H18N4O. The van der Waals surface area contributed by atoms with Crippen molar-refractivity contribution in [3.8, 4) is 0 Å². The summed E-state index contributed by atoms with van der Waals surface area (Å²) in [6, 6.07) is 0. The van der Waals surface area contributed by atoms with Crippen molar-refractivity contribution in [1.29, 1.82) is 0 Å². The van der Waals surface area contributed by atoms with Gasteiger partial charge in [0.25, 0.3) is 5.91 Å². The summed E-state index contributed by atoms with van der Waals surface area (Å²) in [4.78, 5) is 24.2. The average molecular weight is 258 g/mol. The van der Waals surface area contributed by atoms with Crippen molar-refractivity contribution in [2.45, 2.75) is 45.1 Å². The molecule has 0 bridgehead atoms. The number of H-pyrrole nitrogens is 1. The normalized spacial score (nSPS) is 15.7. The van der Waals surface area contributed by atoms with E-state index in [1.54, 1.807) is 6.20 Å². The van der Waals surface area contributed by atoms with Crippen molar-refractivity contribution < 1.29 is 4.79 Å². The number of nitrogens with one attached hydrogen (secondary N) is 2. The van der Waals surface area contributed by atoms with Crippen LogP contribution in [-0.4, -0.2) is 26.4 Å². The minimum atomic E-state index is -0.262. The molecule has 2 aromatic rings. The van der Waals surface area contributed by atoms with Gasteiger partial charge in [-0.1, -0.05) is 0 Å². The van der Waals surface area contributed by atoms with E-state index in [2.05, 4.69) is 20.3 Å². The topological polar surface area (TPSA) is 70.7 Å². The van der Waals surface area contributed by atoms with E-state index in [1.165, 1.54) is 12.8 Å². The number of amides is 1. The fourth-order valence-corrected chi connectivity index (χ4v) is 2.06. The van der Waals surface area contributed by atoms with Gasteiger partial charge in [0.2, 0.25) is 0 Å². The van der Waals surface area contributed by atoms with Crippen LogP contribution in [-0.2, 0) is 0 Å². The number of aromatic nitrogens is 3. The number of hydrogen-bond acceptors (Lipinski definition) is 3. The Morgan fingerprint density at radius 2 is 2.16 bits per heavy atom. The molecule has 0 aliphatic heterocycles. The molecule has 1 saturated carbocycles. The van der Waals surface area contributed by atoms with E-state index in [9.17, 15) is 4.79 Å². The first-order valence-electron chi connectivity index (χ1n) is 6.60. The van der Waals surface area contributed by atoms with Gasteiger partial charge >= 0.3 is 0 Å². The van der Waals surface area contributed by atoms with Gasteiger partial charge in [0.15, 0.2) is 5.65 Å². The van der Waals surface area contributed by atoms with Crippen LogP contribution in [0.4, 0.5) is 0 Å². The van der Waals surface area contributed by atoms with Crippen LogP contribution in [0.25, 0.3) is 11.2 Å². The Morgan fingerprint density at radius 1 is 1.42 bits per heavy atom. The van der Waals surface area contributed by atoms with Crippen molar-refractivity contribution in [3.05, 3.63) is 23.7 Å². The largest absolute Gasteiger partial charge is 0.347 e. The minimum Gasteiger partial charge on any atom is -0.347 e. The number of rotatable bonds is 2. The molecule has 0 radical (unpaired) electrons. The molecule has 0 atom stereocenters. The highest BCUT2D eigenvalue weighted by Gasteiger charge is 2.27. The van der Waals surface area contributed by atoms with Crippen molar-refractivity contribution in [2.75, 3.05) is 0 Å². The molecule has 19 heavy (non-hydrogen) atoms. The van der Waals surface area contributed by atoms with Crippen LogP contribution in [0.1, 0.15) is 55.6 Å². The summed E-state index contributed by atoms with van der Waals surface area (Å²) in [6.45, 7) is 5.88. The number of carbonyl (C=O) groups excluding carboxylic acids is 1. The van der Waals surface area contributed by atoms with E-state index < -0.39 is 0 Å². The highest BCUT2D eigenvalue weighted by atomic mass is 16.1. The maximum atomic E-state index is 12.2. The molecule has 1 aliphatic carbocycles. The van der Waals surface area contributed by atoms with Gasteiger partial charge < -0.3 is 10.3 Å². The number of hydrogen-bond donors (Lipinski definition) is 2. The Bertz CT molecular complexity index is 634. The van der Waals surface area contributed by atoms with Crippen LogP contribution in [0.15, 0.2) is 12.4 Å². The SMILES string of the molecule is CC(C)(C)NC(=O)c1c[nH]c2ncc(C3CC3)nc12. The fourth-order valence-electron chi connectivity index (χ4n) is 2.06. The van der Waals surface area contributed by atoms with Crippen LogP contribution in [0.5, 0.6) is 0 Å². The van der Waals surface area contributed by atoms with Crippen molar-refractivity contribution in [1.82, 2.24) is 20.3 Å². The first-order valence-corrected chi connectivity index (χ1v) is 6.60. The summed E-state index contributed by atoms with van der Waals surface area (Å²) in [6.07, 6.45) is 5.84. The second-order valence-electron chi connectivity index (χ2n) is 6.17. The van der Waals surface area contributed by atoms with Gasteiger partial charge in [0.05, 0.1) is 17.5 Å². The van der Waals surface area contributed by atoms with Crippen molar-refractivity contribution in [2.24, 2.45) is 0 Å². The van der Waals surface area contributed by atoms with E-state index >= 15 is 0 Å². The lowest BCUT2D eigenvalue weighted by Gasteiger charge is -2.19. The van der Waals surface area contributed by atoms with Crippen LogP contribution >= 0.6 is 0 Å². The monoisotopic (exact) mass is 258 g/mol. The third-order valence-electron chi connectivity index (χ3n) is 3.13. The molecule has 0 aromatic carbocycles. The molecule has 2 aromatic heterocycles. The Balaban J connectivity index is 1.98. The summed E-state index contributed by atoms with van der Waals surface area (Å²) in [5.41, 5.74) is 2.65. The second kappa shape index (κ2) is 4.05. The fraction of sp³-hybridized carbons (Fsp3) is 0.500. The minimum absolute atomic E-state index is 0.110. The van der Waals surface area contributed by atoms with Crippen LogP contribution in [0.3, 0.4) is 0 Å². The Labute approximate surface area is 111 Å². The van der Waals surface area contributed by atoms with Gasteiger partial charge in [0, 0.05) is 17.7 Å². The van der Waals surface area contributed by atoms with E-state index in [0.717, 1.165) is 5.69 Å². The van der Waals surface area contributed by atoms with E-state index in [-0.39, 0.29) is 11.4 Å². The van der Waals surface area contributed by atoms with E-state index in [4.69, 9.17) is 0 Å². The molecule has 1 amide bonds. The molecule has 2 N–H and O–H groups in total. The van der Waals surface area contributed by atoms with Gasteiger partial charge in [-0.3, -0.25) is 4.79 Å². The number of aromatic amines is 1. The Kier molecular flexibility index (Phi) is 2.59.